The highest BCUT2D eigenvalue weighted by molar-refractivity contribution is 7.16. The third-order valence-electron chi connectivity index (χ3n) is 2.39. The van der Waals surface area contributed by atoms with Gasteiger partial charge in [-0.25, -0.2) is 4.98 Å². The fraction of sp³-hybridized carbons (Fsp3) is 0.364. The molecule has 0 atom stereocenters. The van der Waals surface area contributed by atoms with Crippen molar-refractivity contribution < 1.29 is 18.3 Å². The maximum absolute atomic E-state index is 12.8. The van der Waals surface area contributed by atoms with Gasteiger partial charge in [-0.15, -0.1) is 22.7 Å². The first-order chi connectivity index (χ1) is 8.43. The highest BCUT2D eigenvalue weighted by atomic mass is 32.1. The number of alkyl halides is 3. The van der Waals surface area contributed by atoms with Crippen LogP contribution in [0.15, 0.2) is 11.4 Å². The lowest BCUT2D eigenvalue weighted by molar-refractivity contribution is -0.133. The number of rotatable bonds is 3. The summed E-state index contributed by atoms with van der Waals surface area (Å²) in [4.78, 5) is 4.41. The van der Waals surface area contributed by atoms with Gasteiger partial charge in [-0.3, -0.25) is 0 Å². The minimum Gasteiger partial charge on any atom is -0.396 e. The van der Waals surface area contributed by atoms with E-state index in [-0.39, 0.29) is 12.2 Å². The topological polar surface area (TPSA) is 33.1 Å². The van der Waals surface area contributed by atoms with Crippen LogP contribution in [0.25, 0.3) is 10.6 Å². The number of thiophene rings is 1. The predicted octanol–water partition coefficient (Wildman–Crippen LogP) is 3.73. The van der Waals surface area contributed by atoms with Crippen LogP contribution in [0.4, 0.5) is 13.2 Å². The first-order valence-electron chi connectivity index (χ1n) is 5.15. The summed E-state index contributed by atoms with van der Waals surface area (Å²) in [5, 5.41) is 10.6. The molecule has 2 nitrogen and oxygen atoms in total. The van der Waals surface area contributed by atoms with Crippen LogP contribution in [0.3, 0.4) is 0 Å². The van der Waals surface area contributed by atoms with E-state index >= 15 is 0 Å². The fourth-order valence-corrected chi connectivity index (χ4v) is 3.40. The van der Waals surface area contributed by atoms with E-state index < -0.39 is 11.1 Å². The molecule has 0 aliphatic carbocycles. The molecule has 2 rings (SSSR count). The van der Waals surface area contributed by atoms with Crippen LogP contribution < -0.4 is 0 Å². The van der Waals surface area contributed by atoms with E-state index in [0.29, 0.717) is 28.5 Å². The number of halogens is 3. The van der Waals surface area contributed by atoms with Crippen molar-refractivity contribution in [3.63, 3.8) is 0 Å². The standard InChI is InChI=1S/C11H10F3NOS2/c1-6-8(2-4-16)15-10(18-6)7-3-5-17-9(7)11(12,13)14/h3,5,16H,2,4H2,1H3. The Bertz CT molecular complexity index is 545. The quantitative estimate of drug-likeness (QED) is 0.935. The molecule has 0 aliphatic heterocycles. The summed E-state index contributed by atoms with van der Waals surface area (Å²) in [7, 11) is 0. The van der Waals surface area contributed by atoms with Gasteiger partial charge >= 0.3 is 6.18 Å². The Hall–Kier alpha value is -0.920. The van der Waals surface area contributed by atoms with Crippen molar-refractivity contribution in [3.8, 4) is 10.6 Å². The van der Waals surface area contributed by atoms with Crippen LogP contribution in [0.2, 0.25) is 0 Å². The molecule has 0 saturated carbocycles. The number of thiazole rings is 1. The summed E-state index contributed by atoms with van der Waals surface area (Å²) in [6.45, 7) is 1.74. The van der Waals surface area contributed by atoms with Gasteiger partial charge in [-0.1, -0.05) is 0 Å². The summed E-state index contributed by atoms with van der Waals surface area (Å²) >= 11 is 1.90. The first-order valence-corrected chi connectivity index (χ1v) is 6.85. The Morgan fingerprint density at radius 3 is 2.72 bits per heavy atom. The molecule has 0 radical (unpaired) electrons. The molecule has 18 heavy (non-hydrogen) atoms. The first kappa shape index (κ1) is 13.5. The van der Waals surface area contributed by atoms with Gasteiger partial charge < -0.3 is 5.11 Å². The predicted molar refractivity (Wildman–Crippen MR) is 66.0 cm³/mol. The van der Waals surface area contributed by atoms with E-state index in [1.54, 1.807) is 6.92 Å². The van der Waals surface area contributed by atoms with Gasteiger partial charge in [0.25, 0.3) is 0 Å². The van der Waals surface area contributed by atoms with E-state index in [9.17, 15) is 13.2 Å². The van der Waals surface area contributed by atoms with Gasteiger partial charge in [0.1, 0.15) is 9.88 Å². The van der Waals surface area contributed by atoms with Crippen molar-refractivity contribution in [2.75, 3.05) is 6.61 Å². The SMILES string of the molecule is Cc1sc(-c2ccsc2C(F)(F)F)nc1CCO. The molecule has 0 fully saturated rings. The van der Waals surface area contributed by atoms with Crippen molar-refractivity contribution in [3.05, 3.63) is 26.9 Å². The molecule has 0 aromatic carbocycles. The zero-order valence-electron chi connectivity index (χ0n) is 9.41. The number of hydrogen-bond acceptors (Lipinski definition) is 4. The van der Waals surface area contributed by atoms with Crippen LogP contribution in [-0.4, -0.2) is 16.7 Å². The maximum atomic E-state index is 12.8. The molecular formula is C11H10F3NOS2. The second-order valence-electron chi connectivity index (χ2n) is 3.66. The highest BCUT2D eigenvalue weighted by Gasteiger charge is 2.36. The number of aliphatic hydroxyl groups excluding tert-OH is 1. The largest absolute Gasteiger partial charge is 0.426 e. The van der Waals surface area contributed by atoms with Crippen LogP contribution in [0, 0.1) is 6.92 Å². The number of hydrogen-bond donors (Lipinski definition) is 1. The summed E-state index contributed by atoms with van der Waals surface area (Å²) < 4.78 is 38.3. The summed E-state index contributed by atoms with van der Waals surface area (Å²) in [6, 6.07) is 1.44. The Morgan fingerprint density at radius 1 is 1.39 bits per heavy atom. The molecule has 98 valence electrons. The second kappa shape index (κ2) is 4.99. The third kappa shape index (κ3) is 2.57. The minimum atomic E-state index is -4.35. The van der Waals surface area contributed by atoms with E-state index in [1.165, 1.54) is 22.8 Å². The zero-order valence-corrected chi connectivity index (χ0v) is 11.0. The molecule has 2 heterocycles. The van der Waals surface area contributed by atoms with Gasteiger partial charge in [0.05, 0.1) is 5.69 Å². The molecular weight excluding hydrogens is 283 g/mol. The molecule has 0 amide bonds. The van der Waals surface area contributed by atoms with Crippen LogP contribution in [-0.2, 0) is 12.6 Å². The second-order valence-corrected chi connectivity index (χ2v) is 5.78. The van der Waals surface area contributed by atoms with Gasteiger partial charge in [0.2, 0.25) is 0 Å². The summed E-state index contributed by atoms with van der Waals surface area (Å²) in [6.07, 6.45) is -3.98. The molecule has 0 unspecified atom stereocenters. The molecule has 0 saturated heterocycles. The third-order valence-corrected chi connectivity index (χ3v) is 4.40. The highest BCUT2D eigenvalue weighted by Crippen LogP contribution is 2.42. The Balaban J connectivity index is 2.43. The maximum Gasteiger partial charge on any atom is 0.426 e. The van der Waals surface area contributed by atoms with Crippen molar-refractivity contribution in [1.82, 2.24) is 4.98 Å². The Labute approximate surface area is 110 Å². The lowest BCUT2D eigenvalue weighted by Gasteiger charge is -2.05. The summed E-state index contributed by atoms with van der Waals surface area (Å²) in [5.41, 5.74) is 0.793. The van der Waals surface area contributed by atoms with Crippen molar-refractivity contribution in [1.29, 1.82) is 0 Å². The molecule has 0 aliphatic rings. The Morgan fingerprint density at radius 2 is 2.11 bits per heavy atom. The van der Waals surface area contributed by atoms with E-state index in [2.05, 4.69) is 4.98 Å². The fourth-order valence-electron chi connectivity index (χ4n) is 1.58. The van der Waals surface area contributed by atoms with Crippen molar-refractivity contribution in [2.24, 2.45) is 0 Å². The number of aryl methyl sites for hydroxylation is 1. The normalized spacial score (nSPS) is 12.1. The summed E-state index contributed by atoms with van der Waals surface area (Å²) in [5.74, 6) is 0. The number of aliphatic hydroxyl groups is 1. The molecule has 7 heteroatoms. The van der Waals surface area contributed by atoms with E-state index in [1.807, 2.05) is 0 Å². The smallest absolute Gasteiger partial charge is 0.396 e. The lowest BCUT2D eigenvalue weighted by atomic mass is 10.2. The molecule has 0 bridgehead atoms. The average molecular weight is 293 g/mol. The van der Waals surface area contributed by atoms with Crippen molar-refractivity contribution in [2.45, 2.75) is 19.5 Å². The van der Waals surface area contributed by atoms with E-state index in [4.69, 9.17) is 5.11 Å². The molecule has 2 aromatic heterocycles. The number of aromatic nitrogens is 1. The zero-order chi connectivity index (χ0) is 13.3. The van der Waals surface area contributed by atoms with Crippen molar-refractivity contribution >= 4 is 22.7 Å². The van der Waals surface area contributed by atoms with Gasteiger partial charge in [0, 0.05) is 23.5 Å². The van der Waals surface area contributed by atoms with Crippen LogP contribution in [0.5, 0.6) is 0 Å². The number of nitrogens with zero attached hydrogens (tertiary/aromatic N) is 1. The Kier molecular flexibility index (Phi) is 3.74. The van der Waals surface area contributed by atoms with E-state index in [0.717, 1.165) is 4.88 Å². The van der Waals surface area contributed by atoms with Crippen LogP contribution in [0.1, 0.15) is 15.4 Å². The van der Waals surface area contributed by atoms with Gasteiger partial charge in [-0.05, 0) is 18.4 Å². The lowest BCUT2D eigenvalue weighted by Crippen LogP contribution is -2.03. The monoisotopic (exact) mass is 293 g/mol. The van der Waals surface area contributed by atoms with Crippen LogP contribution >= 0.6 is 22.7 Å². The molecule has 2 aromatic rings. The molecule has 1 N–H and O–H groups in total. The van der Waals surface area contributed by atoms with Gasteiger partial charge in [0.15, 0.2) is 0 Å². The minimum absolute atomic E-state index is 0.0558. The average Bonchev–Trinajstić information content (AvgIpc) is 2.85. The molecule has 0 spiro atoms. The van der Waals surface area contributed by atoms with Gasteiger partial charge in [-0.2, -0.15) is 13.2 Å².